The van der Waals surface area contributed by atoms with E-state index in [-0.39, 0.29) is 18.9 Å². The predicted octanol–water partition coefficient (Wildman–Crippen LogP) is 5.18. The van der Waals surface area contributed by atoms with Gasteiger partial charge >= 0.3 is 18.3 Å². The van der Waals surface area contributed by atoms with E-state index in [0.29, 0.717) is 0 Å². The number of esters is 1. The minimum absolute atomic E-state index is 0.228. The highest BCUT2D eigenvalue weighted by molar-refractivity contribution is 5.76. The van der Waals surface area contributed by atoms with Crippen LogP contribution in [0.25, 0.3) is 0 Å². The Morgan fingerprint density at radius 3 is 2.03 bits per heavy atom. The summed E-state index contributed by atoms with van der Waals surface area (Å²) in [5.74, 6) is -0.332. The second-order valence-electron chi connectivity index (χ2n) is 8.20. The quantitative estimate of drug-likeness (QED) is 0.400. The lowest BCUT2D eigenvalue weighted by Gasteiger charge is -2.35. The number of halogens is 6. The summed E-state index contributed by atoms with van der Waals surface area (Å²) in [5, 5.41) is 9.26. The van der Waals surface area contributed by atoms with Gasteiger partial charge in [-0.2, -0.15) is 26.3 Å². The molecule has 1 N–H and O–H groups in total. The van der Waals surface area contributed by atoms with Crippen LogP contribution >= 0.6 is 0 Å². The summed E-state index contributed by atoms with van der Waals surface area (Å²) in [5.41, 5.74) is -6.10. The first kappa shape index (κ1) is 26.0. The highest BCUT2D eigenvalue weighted by Gasteiger charge is 2.70. The smallest absolute Gasteiger partial charge is 0.426 e. The summed E-state index contributed by atoms with van der Waals surface area (Å²) in [4.78, 5) is 12.4. The molecule has 0 radical (unpaired) electrons. The van der Waals surface area contributed by atoms with Crippen LogP contribution in [0.1, 0.15) is 65.7 Å². The van der Waals surface area contributed by atoms with Crippen molar-refractivity contribution >= 4 is 5.97 Å². The Bertz CT molecular complexity index is 514. The van der Waals surface area contributed by atoms with E-state index in [1.807, 2.05) is 0 Å². The molecule has 0 aromatic rings. The fourth-order valence-corrected chi connectivity index (χ4v) is 3.22. The highest BCUT2D eigenvalue weighted by atomic mass is 19.4. The van der Waals surface area contributed by atoms with Crippen LogP contribution in [0.5, 0.6) is 0 Å². The number of carbonyl (C=O) groups is 1. The van der Waals surface area contributed by atoms with Gasteiger partial charge in [0.15, 0.2) is 0 Å². The molecular formula is C19H30F6O4. The molecule has 0 spiro atoms. The maximum Gasteiger partial charge on any atom is 0.426 e. The van der Waals surface area contributed by atoms with Gasteiger partial charge in [0.2, 0.25) is 0 Å². The first-order valence-corrected chi connectivity index (χ1v) is 9.81. The van der Waals surface area contributed by atoms with Gasteiger partial charge in [-0.15, -0.1) is 0 Å². The summed E-state index contributed by atoms with van der Waals surface area (Å²) < 4.78 is 87.3. The zero-order chi connectivity index (χ0) is 22.5. The first-order chi connectivity index (χ1) is 13.2. The SMILES string of the molecule is CCC(C)(COC(C)CC(O)(C(F)(F)F)C(F)(F)F)C(=O)OCC1CCCCC1. The third-order valence-electron chi connectivity index (χ3n) is 5.66. The molecule has 0 aromatic heterocycles. The Morgan fingerprint density at radius 1 is 1.07 bits per heavy atom. The molecule has 1 saturated carbocycles. The second-order valence-corrected chi connectivity index (χ2v) is 8.20. The van der Waals surface area contributed by atoms with Gasteiger partial charge in [0, 0.05) is 6.42 Å². The first-order valence-electron chi connectivity index (χ1n) is 9.81. The van der Waals surface area contributed by atoms with Crippen LogP contribution in [-0.2, 0) is 14.3 Å². The van der Waals surface area contributed by atoms with E-state index in [9.17, 15) is 36.2 Å². The van der Waals surface area contributed by atoms with Crippen molar-refractivity contribution in [2.45, 2.75) is 89.8 Å². The lowest BCUT2D eigenvalue weighted by molar-refractivity contribution is -0.374. The number of hydrogen-bond acceptors (Lipinski definition) is 4. The van der Waals surface area contributed by atoms with Crippen LogP contribution in [0.15, 0.2) is 0 Å². The van der Waals surface area contributed by atoms with Gasteiger partial charge in [0.25, 0.3) is 5.60 Å². The zero-order valence-electron chi connectivity index (χ0n) is 17.0. The van der Waals surface area contributed by atoms with E-state index in [4.69, 9.17) is 9.47 Å². The molecule has 2 atom stereocenters. The number of hydrogen-bond donors (Lipinski definition) is 1. The summed E-state index contributed by atoms with van der Waals surface area (Å²) >= 11 is 0. The average molecular weight is 436 g/mol. The van der Waals surface area contributed by atoms with E-state index < -0.39 is 48.5 Å². The molecule has 0 amide bonds. The Labute approximate surface area is 166 Å². The van der Waals surface area contributed by atoms with Gasteiger partial charge in [-0.1, -0.05) is 26.2 Å². The molecule has 0 heterocycles. The highest BCUT2D eigenvalue weighted by Crippen LogP contribution is 2.46. The fraction of sp³-hybridized carbons (Fsp3) is 0.947. The van der Waals surface area contributed by atoms with E-state index in [0.717, 1.165) is 39.0 Å². The molecule has 1 fully saturated rings. The monoisotopic (exact) mass is 436 g/mol. The molecule has 0 saturated heterocycles. The molecule has 2 unspecified atom stereocenters. The van der Waals surface area contributed by atoms with Crippen LogP contribution in [0.2, 0.25) is 0 Å². The van der Waals surface area contributed by atoms with Crippen LogP contribution in [0, 0.1) is 11.3 Å². The third kappa shape index (κ3) is 6.73. The predicted molar refractivity (Wildman–Crippen MR) is 93.0 cm³/mol. The summed E-state index contributed by atoms with van der Waals surface area (Å²) in [6.07, 6.45) is -9.72. The van der Waals surface area contributed by atoms with Gasteiger partial charge in [0.05, 0.1) is 24.7 Å². The number of rotatable bonds is 9. The zero-order valence-corrected chi connectivity index (χ0v) is 17.0. The van der Waals surface area contributed by atoms with Gasteiger partial charge in [-0.05, 0) is 39.0 Å². The normalized spacial score (nSPS) is 20.2. The number of carbonyl (C=O) groups excluding carboxylic acids is 1. The molecule has 1 rings (SSSR count). The van der Waals surface area contributed by atoms with Crippen molar-refractivity contribution in [3.05, 3.63) is 0 Å². The number of ether oxygens (including phenoxy) is 2. The van der Waals surface area contributed by atoms with Crippen molar-refractivity contribution < 1.29 is 45.7 Å². The van der Waals surface area contributed by atoms with E-state index in [1.165, 1.54) is 6.92 Å². The maximum atomic E-state index is 12.8. The third-order valence-corrected chi connectivity index (χ3v) is 5.66. The molecule has 172 valence electrons. The van der Waals surface area contributed by atoms with Gasteiger partial charge < -0.3 is 14.6 Å². The van der Waals surface area contributed by atoms with Crippen molar-refractivity contribution in [2.24, 2.45) is 11.3 Å². The van der Waals surface area contributed by atoms with Crippen molar-refractivity contribution in [3.63, 3.8) is 0 Å². The summed E-state index contributed by atoms with van der Waals surface area (Å²) in [6.45, 7) is 3.96. The Morgan fingerprint density at radius 2 is 1.59 bits per heavy atom. The van der Waals surface area contributed by atoms with Gasteiger partial charge in [-0.25, -0.2) is 0 Å². The van der Waals surface area contributed by atoms with Crippen LogP contribution in [0.4, 0.5) is 26.3 Å². The van der Waals surface area contributed by atoms with Crippen LogP contribution in [0.3, 0.4) is 0 Å². The molecule has 0 aromatic carbocycles. The Balaban J connectivity index is 2.67. The molecule has 10 heteroatoms. The van der Waals surface area contributed by atoms with E-state index in [1.54, 1.807) is 6.92 Å². The largest absolute Gasteiger partial charge is 0.465 e. The van der Waals surface area contributed by atoms with E-state index in [2.05, 4.69) is 0 Å². The molecule has 29 heavy (non-hydrogen) atoms. The number of aliphatic hydroxyl groups is 1. The topological polar surface area (TPSA) is 55.8 Å². The molecule has 0 bridgehead atoms. The number of alkyl halides is 6. The average Bonchev–Trinajstić information content (AvgIpc) is 2.63. The maximum absolute atomic E-state index is 12.8. The van der Waals surface area contributed by atoms with Gasteiger partial charge in [0.1, 0.15) is 0 Å². The molecule has 4 nitrogen and oxygen atoms in total. The molecule has 1 aliphatic rings. The van der Waals surface area contributed by atoms with Crippen LogP contribution in [-0.4, -0.2) is 48.3 Å². The van der Waals surface area contributed by atoms with Crippen molar-refractivity contribution in [1.82, 2.24) is 0 Å². The van der Waals surface area contributed by atoms with Crippen molar-refractivity contribution in [2.75, 3.05) is 13.2 Å². The summed E-state index contributed by atoms with van der Waals surface area (Å²) in [6, 6.07) is 0. The fourth-order valence-electron chi connectivity index (χ4n) is 3.22. The van der Waals surface area contributed by atoms with Crippen molar-refractivity contribution in [3.8, 4) is 0 Å². The van der Waals surface area contributed by atoms with Crippen LogP contribution < -0.4 is 0 Å². The molecular weight excluding hydrogens is 406 g/mol. The second kappa shape index (κ2) is 9.85. The van der Waals surface area contributed by atoms with E-state index >= 15 is 0 Å². The molecule has 0 aliphatic heterocycles. The Kier molecular flexibility index (Phi) is 8.83. The Hall–Kier alpha value is -1.03. The lowest BCUT2D eigenvalue weighted by atomic mass is 9.87. The van der Waals surface area contributed by atoms with Crippen molar-refractivity contribution in [1.29, 1.82) is 0 Å². The van der Waals surface area contributed by atoms with Gasteiger partial charge in [-0.3, -0.25) is 4.79 Å². The molecule has 1 aliphatic carbocycles. The standard InChI is InChI=1S/C19H30F6O4/c1-4-16(3,15(26)28-11-14-8-6-5-7-9-14)12-29-13(2)10-17(27,18(20,21)22)19(23,24)25/h13-14,27H,4-12H2,1-3H3. The summed E-state index contributed by atoms with van der Waals surface area (Å²) in [7, 11) is 0. The lowest BCUT2D eigenvalue weighted by Crippen LogP contribution is -2.58. The minimum Gasteiger partial charge on any atom is -0.465 e. The minimum atomic E-state index is -5.91.